The number of furan rings is 1. The average Bonchev–Trinajstić information content (AvgIpc) is 2.83. The largest absolute Gasteiger partial charge is 0.469 e. The van der Waals surface area contributed by atoms with Crippen LogP contribution in [0.3, 0.4) is 0 Å². The molecule has 1 amide bonds. The standard InChI is InChI=1S/C15H16ClNO2/c1-3-14(11-4-6-12(16)7-5-11)17-15(18)13-8-9-19-10(13)2/h4-9,14H,3H2,1-2H3,(H,17,18). The Morgan fingerprint density at radius 2 is 2.00 bits per heavy atom. The van der Waals surface area contributed by atoms with Crippen molar-refractivity contribution in [2.24, 2.45) is 0 Å². The lowest BCUT2D eigenvalue weighted by atomic mass is 10.0. The van der Waals surface area contributed by atoms with Crippen molar-refractivity contribution in [3.05, 3.63) is 58.5 Å². The first-order chi connectivity index (χ1) is 9.11. The van der Waals surface area contributed by atoms with Crippen molar-refractivity contribution in [1.82, 2.24) is 5.32 Å². The zero-order valence-corrected chi connectivity index (χ0v) is 11.7. The lowest BCUT2D eigenvalue weighted by Crippen LogP contribution is -2.28. The summed E-state index contributed by atoms with van der Waals surface area (Å²) < 4.78 is 5.14. The van der Waals surface area contributed by atoms with Crippen LogP contribution in [-0.2, 0) is 0 Å². The molecule has 1 heterocycles. The molecule has 19 heavy (non-hydrogen) atoms. The van der Waals surface area contributed by atoms with E-state index in [2.05, 4.69) is 5.32 Å². The van der Waals surface area contributed by atoms with E-state index in [0.29, 0.717) is 16.3 Å². The zero-order valence-electron chi connectivity index (χ0n) is 10.9. The SMILES string of the molecule is CCC(NC(=O)c1ccoc1C)c1ccc(Cl)cc1. The van der Waals surface area contributed by atoms with Gasteiger partial charge in [-0.25, -0.2) is 0 Å². The molecule has 1 aromatic heterocycles. The molecule has 0 saturated carbocycles. The molecule has 2 aromatic rings. The molecular weight excluding hydrogens is 262 g/mol. The lowest BCUT2D eigenvalue weighted by Gasteiger charge is -2.17. The molecule has 0 bridgehead atoms. The van der Waals surface area contributed by atoms with Gasteiger partial charge >= 0.3 is 0 Å². The number of benzene rings is 1. The van der Waals surface area contributed by atoms with Gasteiger partial charge in [-0.2, -0.15) is 0 Å². The Hall–Kier alpha value is -1.74. The molecule has 0 saturated heterocycles. The van der Waals surface area contributed by atoms with Gasteiger partial charge in [-0.05, 0) is 37.1 Å². The number of hydrogen-bond donors (Lipinski definition) is 1. The first kappa shape index (κ1) is 13.7. The van der Waals surface area contributed by atoms with Gasteiger partial charge in [0.15, 0.2) is 0 Å². The van der Waals surface area contributed by atoms with E-state index in [0.717, 1.165) is 12.0 Å². The number of nitrogens with one attached hydrogen (secondary N) is 1. The molecule has 0 spiro atoms. The first-order valence-electron chi connectivity index (χ1n) is 6.22. The fraction of sp³-hybridized carbons (Fsp3) is 0.267. The van der Waals surface area contributed by atoms with E-state index in [1.807, 2.05) is 31.2 Å². The maximum atomic E-state index is 12.1. The molecular formula is C15H16ClNO2. The normalized spacial score (nSPS) is 12.2. The molecule has 1 N–H and O–H groups in total. The summed E-state index contributed by atoms with van der Waals surface area (Å²) in [5, 5.41) is 3.69. The summed E-state index contributed by atoms with van der Waals surface area (Å²) in [6.45, 7) is 3.81. The van der Waals surface area contributed by atoms with E-state index in [1.165, 1.54) is 6.26 Å². The van der Waals surface area contributed by atoms with Gasteiger partial charge in [0, 0.05) is 5.02 Å². The van der Waals surface area contributed by atoms with Gasteiger partial charge in [-0.15, -0.1) is 0 Å². The molecule has 2 rings (SSSR count). The Balaban J connectivity index is 2.13. The van der Waals surface area contributed by atoms with E-state index in [1.54, 1.807) is 13.0 Å². The molecule has 4 heteroatoms. The molecule has 0 aliphatic carbocycles. The predicted molar refractivity (Wildman–Crippen MR) is 75.4 cm³/mol. The molecule has 0 radical (unpaired) electrons. The van der Waals surface area contributed by atoms with E-state index in [9.17, 15) is 4.79 Å². The molecule has 1 unspecified atom stereocenters. The van der Waals surface area contributed by atoms with Crippen LogP contribution in [0.25, 0.3) is 0 Å². The quantitative estimate of drug-likeness (QED) is 0.913. The smallest absolute Gasteiger partial charge is 0.255 e. The van der Waals surface area contributed by atoms with Gasteiger partial charge in [0.05, 0.1) is 17.9 Å². The minimum atomic E-state index is -0.118. The third-order valence-electron chi connectivity index (χ3n) is 3.09. The van der Waals surface area contributed by atoms with Gasteiger partial charge in [0.25, 0.3) is 5.91 Å². The number of rotatable bonds is 4. The van der Waals surface area contributed by atoms with Crippen molar-refractivity contribution in [3.63, 3.8) is 0 Å². The number of hydrogen-bond acceptors (Lipinski definition) is 2. The zero-order chi connectivity index (χ0) is 13.8. The maximum Gasteiger partial charge on any atom is 0.255 e. The number of carbonyl (C=O) groups excluding carboxylic acids is 1. The highest BCUT2D eigenvalue weighted by molar-refractivity contribution is 6.30. The number of amides is 1. The fourth-order valence-electron chi connectivity index (χ4n) is 1.97. The Morgan fingerprint density at radius 1 is 1.32 bits per heavy atom. The number of carbonyl (C=O) groups is 1. The number of halogens is 1. The monoisotopic (exact) mass is 277 g/mol. The van der Waals surface area contributed by atoms with Crippen LogP contribution in [0.2, 0.25) is 5.02 Å². The molecule has 0 fully saturated rings. The highest BCUT2D eigenvalue weighted by Gasteiger charge is 2.16. The number of aryl methyl sites for hydroxylation is 1. The van der Waals surface area contributed by atoms with Crippen LogP contribution in [0.1, 0.15) is 41.1 Å². The van der Waals surface area contributed by atoms with Crippen molar-refractivity contribution >= 4 is 17.5 Å². The molecule has 0 aliphatic heterocycles. The summed E-state index contributed by atoms with van der Waals surface area (Å²) in [5.74, 6) is 0.511. The third-order valence-corrected chi connectivity index (χ3v) is 3.34. The summed E-state index contributed by atoms with van der Waals surface area (Å²) in [7, 11) is 0. The Morgan fingerprint density at radius 3 is 2.53 bits per heavy atom. The topological polar surface area (TPSA) is 42.2 Å². The Kier molecular flexibility index (Phi) is 4.27. The van der Waals surface area contributed by atoms with E-state index >= 15 is 0 Å². The predicted octanol–water partition coefficient (Wildman–Crippen LogP) is 4.12. The van der Waals surface area contributed by atoms with Gasteiger partial charge in [-0.3, -0.25) is 4.79 Å². The summed E-state index contributed by atoms with van der Waals surface area (Å²) in [5.41, 5.74) is 1.62. The second-order valence-corrected chi connectivity index (χ2v) is 4.81. The highest BCUT2D eigenvalue weighted by Crippen LogP contribution is 2.20. The van der Waals surface area contributed by atoms with Crippen molar-refractivity contribution in [3.8, 4) is 0 Å². The summed E-state index contributed by atoms with van der Waals surface area (Å²) in [6.07, 6.45) is 2.33. The van der Waals surface area contributed by atoms with Crippen molar-refractivity contribution in [2.45, 2.75) is 26.3 Å². The van der Waals surface area contributed by atoms with Crippen molar-refractivity contribution < 1.29 is 9.21 Å². The van der Waals surface area contributed by atoms with Crippen LogP contribution < -0.4 is 5.32 Å². The molecule has 1 atom stereocenters. The van der Waals surface area contributed by atoms with Crippen LogP contribution in [0, 0.1) is 6.92 Å². The van der Waals surface area contributed by atoms with E-state index in [4.69, 9.17) is 16.0 Å². The van der Waals surface area contributed by atoms with Gasteiger partial charge in [0.1, 0.15) is 5.76 Å². The minimum Gasteiger partial charge on any atom is -0.469 e. The molecule has 1 aromatic carbocycles. The van der Waals surface area contributed by atoms with Gasteiger partial charge in [0.2, 0.25) is 0 Å². The van der Waals surface area contributed by atoms with Crippen LogP contribution in [0.15, 0.2) is 41.0 Å². The molecule has 3 nitrogen and oxygen atoms in total. The lowest BCUT2D eigenvalue weighted by molar-refractivity contribution is 0.0934. The molecule has 0 aliphatic rings. The molecule has 100 valence electrons. The highest BCUT2D eigenvalue weighted by atomic mass is 35.5. The van der Waals surface area contributed by atoms with Crippen molar-refractivity contribution in [1.29, 1.82) is 0 Å². The van der Waals surface area contributed by atoms with Crippen LogP contribution in [-0.4, -0.2) is 5.91 Å². The second kappa shape index (κ2) is 5.93. The summed E-state index contributed by atoms with van der Waals surface area (Å²) in [4.78, 5) is 12.1. The Labute approximate surface area is 117 Å². The van der Waals surface area contributed by atoms with Crippen LogP contribution in [0.5, 0.6) is 0 Å². The van der Waals surface area contributed by atoms with Gasteiger partial charge < -0.3 is 9.73 Å². The Bertz CT molecular complexity index is 560. The van der Waals surface area contributed by atoms with Gasteiger partial charge in [-0.1, -0.05) is 30.7 Å². The fourth-order valence-corrected chi connectivity index (χ4v) is 2.10. The minimum absolute atomic E-state index is 0.0286. The van der Waals surface area contributed by atoms with Crippen LogP contribution >= 0.6 is 11.6 Å². The second-order valence-electron chi connectivity index (χ2n) is 4.38. The third kappa shape index (κ3) is 3.18. The van der Waals surface area contributed by atoms with Crippen molar-refractivity contribution in [2.75, 3.05) is 0 Å². The van der Waals surface area contributed by atoms with E-state index < -0.39 is 0 Å². The van der Waals surface area contributed by atoms with E-state index in [-0.39, 0.29) is 11.9 Å². The first-order valence-corrected chi connectivity index (χ1v) is 6.60. The average molecular weight is 278 g/mol. The van der Waals surface area contributed by atoms with Crippen LogP contribution in [0.4, 0.5) is 0 Å². The summed E-state index contributed by atoms with van der Waals surface area (Å²) >= 11 is 5.87. The maximum absolute atomic E-state index is 12.1. The summed E-state index contributed by atoms with van der Waals surface area (Å²) in [6, 6.07) is 9.17.